The van der Waals surface area contributed by atoms with Crippen LogP contribution in [0, 0.1) is 5.92 Å². The van der Waals surface area contributed by atoms with E-state index >= 15 is 0 Å². The van der Waals surface area contributed by atoms with Crippen LogP contribution in [0.25, 0.3) is 0 Å². The first kappa shape index (κ1) is 18.1. The summed E-state index contributed by atoms with van der Waals surface area (Å²) in [5.41, 5.74) is 0.394. The van der Waals surface area contributed by atoms with Crippen molar-refractivity contribution < 1.29 is 4.79 Å². The molecule has 1 aliphatic rings. The van der Waals surface area contributed by atoms with Crippen LogP contribution in [0.4, 0.5) is 11.6 Å². The molecule has 0 aromatic carbocycles. The number of carbonyl (C=O) groups excluding carboxylic acids is 1. The molecule has 0 saturated carbocycles. The molecule has 138 valence electrons. The fourth-order valence-corrected chi connectivity index (χ4v) is 2.87. The quantitative estimate of drug-likeness (QED) is 0.858. The molecule has 0 spiro atoms. The number of nitrogens with zero attached hydrogens (tertiary/aromatic N) is 5. The number of anilines is 2. The monoisotopic (exact) mass is 354 g/mol. The standard InChI is InChI=1S/C19H26N6O/c1-15(2)8-10-20-17-7-6-16(22-23-17)19(26)25-13-11-24(12-14-25)18-5-3-4-9-21-18/h3-7,9,15H,8,10-14H2,1-2H3,(H,20,23). The molecule has 0 radical (unpaired) electrons. The molecule has 1 aliphatic heterocycles. The number of hydrogen-bond donors (Lipinski definition) is 1. The first-order valence-electron chi connectivity index (χ1n) is 9.16. The first-order chi connectivity index (χ1) is 12.6. The summed E-state index contributed by atoms with van der Waals surface area (Å²) >= 11 is 0. The van der Waals surface area contributed by atoms with Crippen molar-refractivity contribution in [1.82, 2.24) is 20.1 Å². The van der Waals surface area contributed by atoms with E-state index in [-0.39, 0.29) is 5.91 Å². The number of carbonyl (C=O) groups is 1. The minimum atomic E-state index is -0.0631. The van der Waals surface area contributed by atoms with Gasteiger partial charge in [0.25, 0.3) is 5.91 Å². The van der Waals surface area contributed by atoms with Crippen LogP contribution in [-0.4, -0.2) is 58.7 Å². The molecule has 1 N–H and O–H groups in total. The normalized spacial score (nSPS) is 14.6. The van der Waals surface area contributed by atoms with Crippen LogP contribution in [0.3, 0.4) is 0 Å². The zero-order valence-electron chi connectivity index (χ0n) is 15.4. The lowest BCUT2D eigenvalue weighted by molar-refractivity contribution is 0.0739. The number of piperazine rings is 1. The van der Waals surface area contributed by atoms with E-state index in [1.165, 1.54) is 0 Å². The van der Waals surface area contributed by atoms with Crippen molar-refractivity contribution in [2.45, 2.75) is 20.3 Å². The average molecular weight is 354 g/mol. The summed E-state index contributed by atoms with van der Waals surface area (Å²) < 4.78 is 0. The van der Waals surface area contributed by atoms with Crippen LogP contribution in [0.2, 0.25) is 0 Å². The molecule has 0 aliphatic carbocycles. The van der Waals surface area contributed by atoms with Gasteiger partial charge >= 0.3 is 0 Å². The van der Waals surface area contributed by atoms with E-state index in [9.17, 15) is 4.79 Å². The lowest BCUT2D eigenvalue weighted by Crippen LogP contribution is -2.49. The molecule has 1 saturated heterocycles. The minimum absolute atomic E-state index is 0.0631. The molecule has 7 heteroatoms. The molecule has 0 atom stereocenters. The van der Waals surface area contributed by atoms with E-state index in [1.807, 2.05) is 29.2 Å². The molecule has 3 heterocycles. The van der Waals surface area contributed by atoms with Crippen molar-refractivity contribution in [2.75, 3.05) is 42.9 Å². The summed E-state index contributed by atoms with van der Waals surface area (Å²) in [4.78, 5) is 21.0. The zero-order chi connectivity index (χ0) is 18.4. The summed E-state index contributed by atoms with van der Waals surface area (Å²) in [6, 6.07) is 9.45. The molecule has 2 aromatic rings. The van der Waals surface area contributed by atoms with Crippen LogP contribution in [0.15, 0.2) is 36.5 Å². The van der Waals surface area contributed by atoms with Gasteiger partial charge in [0.05, 0.1) is 0 Å². The number of hydrogen-bond acceptors (Lipinski definition) is 6. The summed E-state index contributed by atoms with van der Waals surface area (Å²) in [6.45, 7) is 8.08. The lowest BCUT2D eigenvalue weighted by atomic mass is 10.1. The molecule has 0 unspecified atom stereocenters. The van der Waals surface area contributed by atoms with Crippen molar-refractivity contribution in [2.24, 2.45) is 5.92 Å². The van der Waals surface area contributed by atoms with Gasteiger partial charge in [-0.05, 0) is 36.6 Å². The maximum Gasteiger partial charge on any atom is 0.274 e. The zero-order valence-corrected chi connectivity index (χ0v) is 15.4. The predicted molar refractivity (Wildman–Crippen MR) is 102 cm³/mol. The molecular formula is C19H26N6O. The van der Waals surface area contributed by atoms with Crippen molar-refractivity contribution in [3.63, 3.8) is 0 Å². The second-order valence-electron chi connectivity index (χ2n) is 6.88. The van der Waals surface area contributed by atoms with E-state index < -0.39 is 0 Å². The maximum absolute atomic E-state index is 12.6. The molecule has 7 nitrogen and oxygen atoms in total. The molecule has 3 rings (SSSR count). The van der Waals surface area contributed by atoms with E-state index in [4.69, 9.17) is 0 Å². The number of rotatable bonds is 6. The Bertz CT molecular complexity index is 696. The van der Waals surface area contributed by atoms with Gasteiger partial charge < -0.3 is 15.1 Å². The highest BCUT2D eigenvalue weighted by atomic mass is 16.2. The fourth-order valence-electron chi connectivity index (χ4n) is 2.87. The SMILES string of the molecule is CC(C)CCNc1ccc(C(=O)N2CCN(c3ccccn3)CC2)nn1. The van der Waals surface area contributed by atoms with Crippen molar-refractivity contribution in [1.29, 1.82) is 0 Å². The van der Waals surface area contributed by atoms with E-state index in [1.54, 1.807) is 12.3 Å². The summed E-state index contributed by atoms with van der Waals surface area (Å²) in [6.07, 6.45) is 2.86. The third kappa shape index (κ3) is 4.68. The molecule has 1 fully saturated rings. The third-order valence-corrected chi connectivity index (χ3v) is 4.45. The largest absolute Gasteiger partial charge is 0.369 e. The Morgan fingerprint density at radius 2 is 1.92 bits per heavy atom. The smallest absolute Gasteiger partial charge is 0.274 e. The number of pyridine rings is 1. The van der Waals surface area contributed by atoms with Gasteiger partial charge in [-0.1, -0.05) is 19.9 Å². The Morgan fingerprint density at radius 1 is 1.12 bits per heavy atom. The van der Waals surface area contributed by atoms with Gasteiger partial charge in [-0.15, -0.1) is 10.2 Å². The van der Waals surface area contributed by atoms with Gasteiger partial charge in [-0.2, -0.15) is 0 Å². The average Bonchev–Trinajstić information content (AvgIpc) is 2.68. The number of aromatic nitrogens is 3. The number of nitrogens with one attached hydrogen (secondary N) is 1. The van der Waals surface area contributed by atoms with Crippen LogP contribution in [0.5, 0.6) is 0 Å². The van der Waals surface area contributed by atoms with Gasteiger partial charge in [0.1, 0.15) is 11.6 Å². The Morgan fingerprint density at radius 3 is 2.54 bits per heavy atom. The van der Waals surface area contributed by atoms with E-state index in [0.717, 1.165) is 31.9 Å². The van der Waals surface area contributed by atoms with E-state index in [0.29, 0.717) is 30.5 Å². The molecular weight excluding hydrogens is 328 g/mol. The summed E-state index contributed by atoms with van der Waals surface area (Å²) in [7, 11) is 0. The van der Waals surface area contributed by atoms with Crippen molar-refractivity contribution in [3.8, 4) is 0 Å². The van der Waals surface area contributed by atoms with Gasteiger partial charge in [-0.25, -0.2) is 4.98 Å². The van der Waals surface area contributed by atoms with Crippen LogP contribution in [0.1, 0.15) is 30.8 Å². The highest BCUT2D eigenvalue weighted by Crippen LogP contribution is 2.14. The highest BCUT2D eigenvalue weighted by Gasteiger charge is 2.23. The van der Waals surface area contributed by atoms with E-state index in [2.05, 4.69) is 39.2 Å². The van der Waals surface area contributed by atoms with Gasteiger partial charge in [0.2, 0.25) is 0 Å². The lowest BCUT2D eigenvalue weighted by Gasteiger charge is -2.35. The maximum atomic E-state index is 12.6. The molecule has 0 bridgehead atoms. The Labute approximate surface area is 154 Å². The second kappa shape index (κ2) is 8.60. The fraction of sp³-hybridized carbons (Fsp3) is 0.474. The van der Waals surface area contributed by atoms with Crippen molar-refractivity contribution >= 4 is 17.5 Å². The minimum Gasteiger partial charge on any atom is -0.369 e. The van der Waals surface area contributed by atoms with Crippen LogP contribution >= 0.6 is 0 Å². The summed E-state index contributed by atoms with van der Waals surface area (Å²) in [5.74, 6) is 2.24. The van der Waals surface area contributed by atoms with Gasteiger partial charge in [0.15, 0.2) is 5.69 Å². The second-order valence-corrected chi connectivity index (χ2v) is 6.88. The molecule has 2 aromatic heterocycles. The van der Waals surface area contributed by atoms with Crippen LogP contribution < -0.4 is 10.2 Å². The highest BCUT2D eigenvalue weighted by molar-refractivity contribution is 5.92. The van der Waals surface area contributed by atoms with Gasteiger partial charge in [-0.3, -0.25) is 4.79 Å². The summed E-state index contributed by atoms with van der Waals surface area (Å²) in [5, 5.41) is 11.5. The predicted octanol–water partition coefficient (Wildman–Crippen LogP) is 2.29. The van der Waals surface area contributed by atoms with Crippen LogP contribution in [-0.2, 0) is 0 Å². The molecule has 1 amide bonds. The van der Waals surface area contributed by atoms with Gasteiger partial charge in [0, 0.05) is 38.9 Å². The molecule has 26 heavy (non-hydrogen) atoms. The van der Waals surface area contributed by atoms with Crippen molar-refractivity contribution in [3.05, 3.63) is 42.2 Å². The first-order valence-corrected chi connectivity index (χ1v) is 9.16. The number of amides is 1. The Balaban J connectivity index is 1.52. The third-order valence-electron chi connectivity index (χ3n) is 4.45. The Kier molecular flexibility index (Phi) is 5.99. The Hall–Kier alpha value is -2.70. The topological polar surface area (TPSA) is 74.2 Å².